The largest absolute Gasteiger partial charge is 0.507 e. The van der Waals surface area contributed by atoms with Crippen molar-refractivity contribution in [2.75, 3.05) is 27.2 Å². The van der Waals surface area contributed by atoms with Gasteiger partial charge < -0.3 is 9.84 Å². The molecule has 5 rings (SSSR count). The van der Waals surface area contributed by atoms with E-state index in [0.29, 0.717) is 5.75 Å². The quantitative estimate of drug-likeness (QED) is 0.577. The van der Waals surface area contributed by atoms with Crippen molar-refractivity contribution in [3.63, 3.8) is 0 Å². The van der Waals surface area contributed by atoms with E-state index in [4.69, 9.17) is 4.74 Å². The van der Waals surface area contributed by atoms with Crippen molar-refractivity contribution in [1.82, 2.24) is 9.62 Å². The molecule has 1 aliphatic carbocycles. The van der Waals surface area contributed by atoms with Gasteiger partial charge in [-0.25, -0.2) is 13.1 Å². The molecular formula is C26H30N2O4S. The molecule has 2 bridgehead atoms. The van der Waals surface area contributed by atoms with Crippen molar-refractivity contribution < 1.29 is 18.3 Å². The van der Waals surface area contributed by atoms with E-state index in [9.17, 15) is 13.5 Å². The van der Waals surface area contributed by atoms with Crippen LogP contribution in [0.3, 0.4) is 0 Å². The molecule has 6 nitrogen and oxygen atoms in total. The normalized spacial score (nSPS) is 25.5. The van der Waals surface area contributed by atoms with E-state index in [0.717, 1.165) is 48.8 Å². The first-order valence-electron chi connectivity index (χ1n) is 11.4. The van der Waals surface area contributed by atoms with Crippen molar-refractivity contribution >= 4 is 20.8 Å². The summed E-state index contributed by atoms with van der Waals surface area (Å²) in [7, 11) is -0.330. The molecule has 7 heteroatoms. The second-order valence-corrected chi connectivity index (χ2v) is 11.1. The molecule has 3 aromatic carbocycles. The van der Waals surface area contributed by atoms with Gasteiger partial charge in [0.2, 0.25) is 10.0 Å². The van der Waals surface area contributed by atoms with Crippen molar-refractivity contribution in [2.45, 2.75) is 29.9 Å². The highest BCUT2D eigenvalue weighted by molar-refractivity contribution is 7.89. The number of hydrogen-bond donors (Lipinski definition) is 2. The lowest BCUT2D eigenvalue weighted by Crippen LogP contribution is -2.52. The highest BCUT2D eigenvalue weighted by atomic mass is 32.2. The second-order valence-electron chi connectivity index (χ2n) is 9.19. The van der Waals surface area contributed by atoms with Crippen molar-refractivity contribution in [2.24, 2.45) is 11.8 Å². The van der Waals surface area contributed by atoms with Crippen molar-refractivity contribution in [3.05, 3.63) is 71.8 Å². The maximum Gasteiger partial charge on any atom is 0.240 e. The molecular weight excluding hydrogens is 436 g/mol. The van der Waals surface area contributed by atoms with Crippen LogP contribution in [0.5, 0.6) is 5.75 Å². The van der Waals surface area contributed by atoms with E-state index >= 15 is 0 Å². The molecule has 0 aromatic heterocycles. The van der Waals surface area contributed by atoms with Crippen LogP contribution >= 0.6 is 0 Å². The Hall–Kier alpha value is -2.45. The first kappa shape index (κ1) is 22.3. The number of phenols is 1. The summed E-state index contributed by atoms with van der Waals surface area (Å²) < 4.78 is 33.5. The van der Waals surface area contributed by atoms with Gasteiger partial charge >= 0.3 is 0 Å². The van der Waals surface area contributed by atoms with E-state index in [2.05, 4.69) is 15.7 Å². The van der Waals surface area contributed by atoms with Gasteiger partial charge in [0, 0.05) is 44.0 Å². The maximum atomic E-state index is 12.4. The number of sulfonamides is 1. The number of ether oxygens (including phenoxy) is 1. The van der Waals surface area contributed by atoms with E-state index < -0.39 is 15.6 Å². The third-order valence-electron chi connectivity index (χ3n) is 7.62. The molecule has 1 saturated heterocycles. The molecule has 0 amide bonds. The van der Waals surface area contributed by atoms with Crippen molar-refractivity contribution in [1.29, 1.82) is 0 Å². The molecule has 1 aliphatic heterocycles. The van der Waals surface area contributed by atoms with E-state index in [1.165, 1.54) is 12.6 Å². The number of rotatable bonds is 6. The minimum absolute atomic E-state index is 0.274. The topological polar surface area (TPSA) is 78.9 Å². The third-order valence-corrected chi connectivity index (χ3v) is 9.03. The van der Waals surface area contributed by atoms with Gasteiger partial charge in [-0.2, -0.15) is 0 Å². The van der Waals surface area contributed by atoms with Gasteiger partial charge in [-0.05, 0) is 54.6 Å². The summed E-state index contributed by atoms with van der Waals surface area (Å²) in [6, 6.07) is 19.0. The SMILES string of the molecule is CNS(=O)(=O)c1cccc(C2(OC)C3CCC2CN(Cc2ccc(O)c4ccccc24)C3)c1. The number of fused-ring (bicyclic) bond motifs is 3. The zero-order valence-electron chi connectivity index (χ0n) is 19.0. The van der Waals surface area contributed by atoms with Gasteiger partial charge in [-0.15, -0.1) is 0 Å². The van der Waals surface area contributed by atoms with Gasteiger partial charge in [0.1, 0.15) is 11.4 Å². The minimum atomic E-state index is -3.52. The molecule has 33 heavy (non-hydrogen) atoms. The summed E-state index contributed by atoms with van der Waals surface area (Å²) >= 11 is 0. The van der Waals surface area contributed by atoms with Gasteiger partial charge in [-0.3, -0.25) is 4.90 Å². The van der Waals surface area contributed by atoms with Crippen LogP contribution < -0.4 is 4.72 Å². The summed E-state index contributed by atoms with van der Waals surface area (Å²) in [4.78, 5) is 2.75. The third kappa shape index (κ3) is 3.64. The Labute approximate surface area is 195 Å². The first-order valence-corrected chi connectivity index (χ1v) is 12.9. The van der Waals surface area contributed by atoms with Crippen LogP contribution in [0.25, 0.3) is 10.8 Å². The Kier molecular flexibility index (Phi) is 5.69. The molecule has 2 fully saturated rings. The number of nitrogens with one attached hydrogen (secondary N) is 1. The van der Waals surface area contributed by atoms with Gasteiger partial charge in [0.15, 0.2) is 0 Å². The van der Waals surface area contributed by atoms with Crippen LogP contribution in [-0.2, 0) is 26.9 Å². The summed E-state index contributed by atoms with van der Waals surface area (Å²) in [5.41, 5.74) is 1.67. The van der Waals surface area contributed by atoms with E-state index in [1.54, 1.807) is 25.3 Å². The molecule has 174 valence electrons. The maximum absolute atomic E-state index is 12.4. The highest BCUT2D eigenvalue weighted by Gasteiger charge is 2.55. The van der Waals surface area contributed by atoms with Crippen LogP contribution in [0.4, 0.5) is 0 Å². The number of likely N-dealkylation sites (tertiary alicyclic amines) is 1. The Balaban J connectivity index is 1.45. The number of methoxy groups -OCH3 is 1. The Bertz CT molecular complexity index is 1280. The van der Waals surface area contributed by atoms with Crippen LogP contribution in [0, 0.1) is 11.8 Å². The Morgan fingerprint density at radius 3 is 2.39 bits per heavy atom. The lowest BCUT2D eigenvalue weighted by molar-refractivity contribution is -0.120. The average Bonchev–Trinajstić information content (AvgIpc) is 3.04. The van der Waals surface area contributed by atoms with E-state index in [1.807, 2.05) is 36.4 Å². The fourth-order valence-electron chi connectivity index (χ4n) is 6.12. The number of nitrogens with zero attached hydrogens (tertiary/aromatic N) is 1. The predicted molar refractivity (Wildman–Crippen MR) is 128 cm³/mol. The number of benzene rings is 3. The molecule has 1 heterocycles. The number of phenolic OH excluding ortho intramolecular Hbond substituents is 1. The molecule has 2 atom stereocenters. The summed E-state index contributed by atoms with van der Waals surface area (Å²) in [5, 5.41) is 12.2. The smallest absolute Gasteiger partial charge is 0.240 e. The lowest BCUT2D eigenvalue weighted by Gasteiger charge is -2.47. The molecule has 1 saturated carbocycles. The summed E-state index contributed by atoms with van der Waals surface area (Å²) in [6.45, 7) is 2.56. The Morgan fingerprint density at radius 2 is 1.73 bits per heavy atom. The standard InChI is InChI=1S/C26H30N2O4S/c1-27-33(30,31)22-7-5-6-19(14-22)26(32-2)20-11-12-21(26)17-28(16-20)15-18-10-13-25(29)24-9-4-3-8-23(18)24/h3-10,13-14,20-21,27,29H,11-12,15-17H2,1-2H3. The van der Waals surface area contributed by atoms with Gasteiger partial charge in [-0.1, -0.05) is 42.5 Å². The predicted octanol–water partition coefficient (Wildman–Crippen LogP) is 3.84. The van der Waals surface area contributed by atoms with Gasteiger partial charge in [0.25, 0.3) is 0 Å². The molecule has 0 radical (unpaired) electrons. The zero-order valence-corrected chi connectivity index (χ0v) is 19.8. The van der Waals surface area contributed by atoms with Crippen LogP contribution in [0.1, 0.15) is 24.0 Å². The average molecular weight is 467 g/mol. The van der Waals surface area contributed by atoms with Crippen LogP contribution in [0.2, 0.25) is 0 Å². The van der Waals surface area contributed by atoms with Crippen LogP contribution in [0.15, 0.2) is 65.6 Å². The molecule has 2 unspecified atom stereocenters. The summed E-state index contributed by atoms with van der Waals surface area (Å²) in [5.74, 6) is 0.859. The number of aromatic hydroxyl groups is 1. The second kappa shape index (κ2) is 8.40. The fraction of sp³-hybridized carbons (Fsp3) is 0.385. The highest BCUT2D eigenvalue weighted by Crippen LogP contribution is 2.54. The zero-order chi connectivity index (χ0) is 23.2. The monoisotopic (exact) mass is 466 g/mol. The molecule has 2 N–H and O–H groups in total. The van der Waals surface area contributed by atoms with E-state index in [-0.39, 0.29) is 16.7 Å². The van der Waals surface area contributed by atoms with Crippen LogP contribution in [-0.4, -0.2) is 45.7 Å². The first-order chi connectivity index (χ1) is 15.9. The molecule has 2 aliphatic rings. The molecule has 3 aromatic rings. The van der Waals surface area contributed by atoms with Gasteiger partial charge in [0.05, 0.1) is 4.90 Å². The molecule has 0 spiro atoms. The van der Waals surface area contributed by atoms with Crippen molar-refractivity contribution in [3.8, 4) is 5.75 Å². The fourth-order valence-corrected chi connectivity index (χ4v) is 6.89. The lowest BCUT2D eigenvalue weighted by atomic mass is 9.75. The number of hydrogen-bond acceptors (Lipinski definition) is 5. The summed E-state index contributed by atoms with van der Waals surface area (Å²) in [6.07, 6.45) is 2.10. The number of piperidine rings is 1. The minimum Gasteiger partial charge on any atom is -0.507 e. The Morgan fingerprint density at radius 1 is 1.03 bits per heavy atom.